The number of carbonyl (C=O) groups is 1. The molecule has 2 heterocycles. The number of aromatic nitrogens is 4. The number of hydrogen-bond donors (Lipinski definition) is 1. The molecule has 9 heteroatoms. The van der Waals surface area contributed by atoms with E-state index >= 15 is 0 Å². The zero-order valence-corrected chi connectivity index (χ0v) is 13.8. The summed E-state index contributed by atoms with van der Waals surface area (Å²) in [6.45, 7) is 4.04. The Morgan fingerprint density at radius 1 is 1.32 bits per heavy atom. The number of nitrogens with zero attached hydrogens (tertiary/aromatic N) is 5. The second kappa shape index (κ2) is 5.20. The van der Waals surface area contributed by atoms with Crippen LogP contribution in [0.3, 0.4) is 0 Å². The van der Waals surface area contributed by atoms with Crippen molar-refractivity contribution >= 4 is 17.4 Å². The number of fused-ring (bicyclic) bond motifs is 1. The van der Waals surface area contributed by atoms with Gasteiger partial charge in [-0.05, 0) is 28.3 Å². The number of hydrogen-bond acceptors (Lipinski definition) is 7. The van der Waals surface area contributed by atoms with Crippen molar-refractivity contribution < 1.29 is 9.72 Å². The van der Waals surface area contributed by atoms with E-state index in [9.17, 15) is 14.9 Å². The zero-order chi connectivity index (χ0) is 17.8. The van der Waals surface area contributed by atoms with Gasteiger partial charge in [-0.1, -0.05) is 31.1 Å². The van der Waals surface area contributed by atoms with Gasteiger partial charge in [0, 0.05) is 23.8 Å². The van der Waals surface area contributed by atoms with Crippen molar-refractivity contribution in [1.82, 2.24) is 20.2 Å². The minimum absolute atomic E-state index is 0.0388. The van der Waals surface area contributed by atoms with E-state index in [1.807, 2.05) is 13.8 Å². The zero-order valence-electron chi connectivity index (χ0n) is 13.8. The number of anilines is 1. The monoisotopic (exact) mass is 340 g/mol. The molecule has 0 spiro atoms. The summed E-state index contributed by atoms with van der Waals surface area (Å²) in [7, 11) is 0. The molecule has 9 nitrogen and oxygen atoms in total. The van der Waals surface area contributed by atoms with Crippen LogP contribution >= 0.6 is 0 Å². The molecule has 25 heavy (non-hydrogen) atoms. The molecule has 1 aromatic carbocycles. The Labute approximate surface area is 142 Å². The summed E-state index contributed by atoms with van der Waals surface area (Å²) in [4.78, 5) is 23.9. The lowest BCUT2D eigenvalue weighted by atomic mass is 9.73. The molecule has 128 valence electrons. The first-order valence-corrected chi connectivity index (χ1v) is 7.92. The number of rotatable bonds is 2. The first-order valence-electron chi connectivity index (χ1n) is 7.92. The largest absolute Gasteiger partial charge is 0.326 e. The Hall–Kier alpha value is -3.10. The third-order valence-electron chi connectivity index (χ3n) is 4.62. The summed E-state index contributed by atoms with van der Waals surface area (Å²) < 4.78 is 1.44. The Kier molecular flexibility index (Phi) is 3.21. The van der Waals surface area contributed by atoms with Crippen molar-refractivity contribution in [3.8, 4) is 0 Å². The first kappa shape index (κ1) is 15.4. The maximum atomic E-state index is 12.9. The van der Waals surface area contributed by atoms with E-state index in [2.05, 4.69) is 20.8 Å². The standard InChI is InChI=1S/C16H16N6O3/c1-16(2)7-10-13(12(23)8-16)14(21-15(17-10)18-19-20-21)9-5-3-4-6-11(9)22(24)25/h3-6,14H,7-8H2,1-2H3,(H,17,18,20)/t14-/m0/s1. The fraction of sp³-hybridized carbons (Fsp3) is 0.375. The van der Waals surface area contributed by atoms with Crippen molar-refractivity contribution in [1.29, 1.82) is 0 Å². The summed E-state index contributed by atoms with van der Waals surface area (Å²) in [5, 5.41) is 26.2. The molecule has 0 radical (unpaired) electrons. The van der Waals surface area contributed by atoms with Crippen LogP contribution < -0.4 is 5.32 Å². The van der Waals surface area contributed by atoms with Crippen LogP contribution in [0.5, 0.6) is 0 Å². The second-order valence-electron chi connectivity index (χ2n) is 7.12. The number of benzene rings is 1. The molecule has 1 aromatic heterocycles. The van der Waals surface area contributed by atoms with Crippen LogP contribution in [0.15, 0.2) is 35.5 Å². The first-order chi connectivity index (χ1) is 11.9. The van der Waals surface area contributed by atoms with E-state index in [1.54, 1.807) is 18.2 Å². The van der Waals surface area contributed by atoms with E-state index in [0.717, 1.165) is 5.70 Å². The van der Waals surface area contributed by atoms with Crippen LogP contribution in [-0.4, -0.2) is 30.9 Å². The number of Topliss-reactive ketones (excluding diaryl/α,β-unsaturated/α-hetero) is 1. The molecule has 1 aliphatic heterocycles. The van der Waals surface area contributed by atoms with Crippen LogP contribution in [-0.2, 0) is 4.79 Å². The van der Waals surface area contributed by atoms with Gasteiger partial charge in [-0.2, -0.15) is 4.68 Å². The second-order valence-corrected chi connectivity index (χ2v) is 7.12. The summed E-state index contributed by atoms with van der Waals surface area (Å²) in [5.41, 5.74) is 1.41. The molecule has 2 aliphatic rings. The number of ketones is 1. The highest BCUT2D eigenvalue weighted by atomic mass is 16.6. The van der Waals surface area contributed by atoms with Crippen LogP contribution in [0.4, 0.5) is 11.6 Å². The molecular weight excluding hydrogens is 324 g/mol. The quantitative estimate of drug-likeness (QED) is 0.658. The fourth-order valence-corrected chi connectivity index (χ4v) is 3.64. The summed E-state index contributed by atoms with van der Waals surface area (Å²) in [5.74, 6) is 0.343. The smallest absolute Gasteiger partial charge is 0.275 e. The van der Waals surface area contributed by atoms with Crippen LogP contribution in [0, 0.1) is 15.5 Å². The van der Waals surface area contributed by atoms with Crippen molar-refractivity contribution in [3.63, 3.8) is 0 Å². The average Bonchev–Trinajstić information content (AvgIpc) is 2.99. The maximum Gasteiger partial charge on any atom is 0.275 e. The molecule has 0 fully saturated rings. The van der Waals surface area contributed by atoms with Gasteiger partial charge in [-0.15, -0.1) is 0 Å². The van der Waals surface area contributed by atoms with Gasteiger partial charge in [0.25, 0.3) is 5.69 Å². The summed E-state index contributed by atoms with van der Waals surface area (Å²) >= 11 is 0. The minimum Gasteiger partial charge on any atom is -0.326 e. The van der Waals surface area contributed by atoms with E-state index in [-0.39, 0.29) is 16.9 Å². The predicted octanol–water partition coefficient (Wildman–Crippen LogP) is 2.24. The molecule has 0 unspecified atom stereocenters. The van der Waals surface area contributed by atoms with Gasteiger partial charge in [0.1, 0.15) is 6.04 Å². The van der Waals surface area contributed by atoms with Gasteiger partial charge < -0.3 is 5.32 Å². The molecule has 1 N–H and O–H groups in total. The highest BCUT2D eigenvalue weighted by molar-refractivity contribution is 6.00. The third-order valence-corrected chi connectivity index (χ3v) is 4.62. The molecule has 0 saturated carbocycles. The molecule has 0 bridgehead atoms. The Balaban J connectivity index is 1.96. The summed E-state index contributed by atoms with van der Waals surface area (Å²) in [6, 6.07) is 5.69. The molecule has 1 atom stereocenters. The lowest BCUT2D eigenvalue weighted by molar-refractivity contribution is -0.385. The number of allylic oxidation sites excluding steroid dienone is 2. The topological polar surface area (TPSA) is 116 Å². The Morgan fingerprint density at radius 2 is 2.08 bits per heavy atom. The fourth-order valence-electron chi connectivity index (χ4n) is 3.64. The van der Waals surface area contributed by atoms with Crippen LogP contribution in [0.2, 0.25) is 0 Å². The van der Waals surface area contributed by atoms with E-state index in [1.165, 1.54) is 10.7 Å². The van der Waals surface area contributed by atoms with Gasteiger partial charge in [0.05, 0.1) is 10.5 Å². The van der Waals surface area contributed by atoms with Crippen molar-refractivity contribution in [3.05, 3.63) is 51.2 Å². The van der Waals surface area contributed by atoms with Gasteiger partial charge in [-0.25, -0.2) is 0 Å². The molecule has 2 aromatic rings. The Bertz CT molecular complexity index is 929. The number of tetrazole rings is 1. The molecule has 4 rings (SSSR count). The number of nitro benzene ring substituents is 1. The van der Waals surface area contributed by atoms with Gasteiger partial charge in [-0.3, -0.25) is 14.9 Å². The van der Waals surface area contributed by atoms with Crippen molar-refractivity contribution in [2.75, 3.05) is 5.32 Å². The van der Waals surface area contributed by atoms with E-state index in [4.69, 9.17) is 0 Å². The number of nitro groups is 1. The molecule has 1 aliphatic carbocycles. The highest BCUT2D eigenvalue weighted by Gasteiger charge is 2.43. The highest BCUT2D eigenvalue weighted by Crippen LogP contribution is 2.46. The average molecular weight is 340 g/mol. The number of para-hydroxylation sites is 1. The van der Waals surface area contributed by atoms with Crippen LogP contribution in [0.1, 0.15) is 38.3 Å². The minimum atomic E-state index is -0.702. The number of carbonyl (C=O) groups excluding carboxylic acids is 1. The maximum absolute atomic E-state index is 12.9. The van der Waals surface area contributed by atoms with Gasteiger partial charge in [0.2, 0.25) is 5.95 Å². The lowest BCUT2D eigenvalue weighted by Gasteiger charge is -2.37. The van der Waals surface area contributed by atoms with Gasteiger partial charge >= 0.3 is 0 Å². The van der Waals surface area contributed by atoms with E-state index in [0.29, 0.717) is 29.9 Å². The molecule has 0 amide bonds. The lowest BCUT2D eigenvalue weighted by Crippen LogP contribution is -2.36. The van der Waals surface area contributed by atoms with Gasteiger partial charge in [0.15, 0.2) is 5.78 Å². The third kappa shape index (κ3) is 2.39. The predicted molar refractivity (Wildman–Crippen MR) is 87.7 cm³/mol. The summed E-state index contributed by atoms with van der Waals surface area (Å²) in [6.07, 6.45) is 1.03. The SMILES string of the molecule is CC1(C)CC(=O)C2=C(C1)Nc1nnnn1[C@H]2c1ccccc1[N+](=O)[O-]. The molecular formula is C16H16N6O3. The normalized spacial score (nSPS) is 21.4. The van der Waals surface area contributed by atoms with E-state index < -0.39 is 11.0 Å². The van der Waals surface area contributed by atoms with Crippen molar-refractivity contribution in [2.24, 2.45) is 5.41 Å². The Morgan fingerprint density at radius 3 is 2.84 bits per heavy atom. The van der Waals surface area contributed by atoms with Crippen LogP contribution in [0.25, 0.3) is 0 Å². The number of nitrogens with one attached hydrogen (secondary N) is 1. The van der Waals surface area contributed by atoms with Crippen molar-refractivity contribution in [2.45, 2.75) is 32.7 Å². The molecule has 0 saturated heterocycles.